The second-order valence-corrected chi connectivity index (χ2v) is 6.37. The molecule has 1 saturated heterocycles. The fourth-order valence-electron chi connectivity index (χ4n) is 3.30. The highest BCUT2D eigenvalue weighted by molar-refractivity contribution is 5.35. The summed E-state index contributed by atoms with van der Waals surface area (Å²) in [5.41, 5.74) is 3.09. The largest absolute Gasteiger partial charge is 0.497 e. The number of aromatic nitrogens is 1. The third kappa shape index (κ3) is 3.49. The molecular formula is C21H21FN2O2. The number of halogens is 1. The second-order valence-electron chi connectivity index (χ2n) is 6.37. The summed E-state index contributed by atoms with van der Waals surface area (Å²) in [5.74, 6) is 0.617. The van der Waals surface area contributed by atoms with E-state index in [9.17, 15) is 4.39 Å². The first kappa shape index (κ1) is 16.8. The third-order valence-corrected chi connectivity index (χ3v) is 4.64. The maximum absolute atomic E-state index is 13.5. The lowest BCUT2D eigenvalue weighted by Gasteiger charge is -2.22. The molecule has 4 rings (SSSR count). The monoisotopic (exact) mass is 352 g/mol. The van der Waals surface area contributed by atoms with Crippen LogP contribution in [0.5, 0.6) is 5.75 Å². The topological polar surface area (TPSA) is 26.6 Å². The molecule has 0 radical (unpaired) electrons. The van der Waals surface area contributed by atoms with Crippen molar-refractivity contribution in [2.45, 2.75) is 12.8 Å². The Kier molecular flexibility index (Phi) is 4.73. The molecule has 0 amide bonds. The summed E-state index contributed by atoms with van der Waals surface area (Å²) in [5, 5.41) is 0. The van der Waals surface area contributed by atoms with E-state index in [1.54, 1.807) is 13.2 Å². The van der Waals surface area contributed by atoms with Crippen LogP contribution in [0.2, 0.25) is 0 Å². The molecule has 0 unspecified atom stereocenters. The molecule has 1 aromatic heterocycles. The molecule has 1 aliphatic rings. The molecule has 1 aliphatic heterocycles. The minimum absolute atomic E-state index is 0.0908. The van der Waals surface area contributed by atoms with E-state index in [2.05, 4.69) is 17.0 Å². The summed E-state index contributed by atoms with van der Waals surface area (Å²) in [7, 11) is 1.67. The van der Waals surface area contributed by atoms with E-state index < -0.39 is 0 Å². The molecule has 0 saturated carbocycles. The van der Waals surface area contributed by atoms with Gasteiger partial charge >= 0.3 is 0 Å². The Bertz CT molecular complexity index is 876. The van der Waals surface area contributed by atoms with Gasteiger partial charge in [-0.05, 0) is 42.0 Å². The second kappa shape index (κ2) is 7.32. The Hall–Kier alpha value is -2.63. The SMILES string of the molecule is COc1ccc(CN2CCO[C@@H]2c2ccn(-c3cccc(F)c3)c2)cc1. The van der Waals surface area contributed by atoms with Gasteiger partial charge < -0.3 is 14.0 Å². The fourth-order valence-corrected chi connectivity index (χ4v) is 3.30. The van der Waals surface area contributed by atoms with Gasteiger partial charge in [0, 0.05) is 36.7 Å². The van der Waals surface area contributed by atoms with Crippen molar-refractivity contribution in [1.29, 1.82) is 0 Å². The molecule has 0 aliphatic carbocycles. The van der Waals surface area contributed by atoms with Gasteiger partial charge in [-0.2, -0.15) is 0 Å². The van der Waals surface area contributed by atoms with Crippen molar-refractivity contribution in [3.63, 3.8) is 0 Å². The van der Waals surface area contributed by atoms with E-state index in [4.69, 9.17) is 9.47 Å². The van der Waals surface area contributed by atoms with Crippen LogP contribution < -0.4 is 4.74 Å². The van der Waals surface area contributed by atoms with E-state index >= 15 is 0 Å². The van der Waals surface area contributed by atoms with Crippen LogP contribution in [0.1, 0.15) is 17.4 Å². The van der Waals surface area contributed by atoms with Gasteiger partial charge in [-0.1, -0.05) is 18.2 Å². The summed E-state index contributed by atoms with van der Waals surface area (Å²) in [6.45, 7) is 2.38. The summed E-state index contributed by atoms with van der Waals surface area (Å²) in [6.07, 6.45) is 3.86. The molecular weight excluding hydrogens is 331 g/mol. The van der Waals surface area contributed by atoms with Crippen LogP contribution in [-0.2, 0) is 11.3 Å². The van der Waals surface area contributed by atoms with Crippen LogP contribution >= 0.6 is 0 Å². The summed E-state index contributed by atoms with van der Waals surface area (Å²) in [6, 6.07) is 16.7. The average Bonchev–Trinajstić information content (AvgIpc) is 3.31. The lowest BCUT2D eigenvalue weighted by Crippen LogP contribution is -2.23. The minimum Gasteiger partial charge on any atom is -0.497 e. The van der Waals surface area contributed by atoms with E-state index in [1.165, 1.54) is 17.7 Å². The number of rotatable bonds is 5. The highest BCUT2D eigenvalue weighted by Gasteiger charge is 2.27. The van der Waals surface area contributed by atoms with Crippen molar-refractivity contribution >= 4 is 0 Å². The molecule has 1 atom stereocenters. The number of hydrogen-bond donors (Lipinski definition) is 0. The van der Waals surface area contributed by atoms with E-state index in [1.807, 2.05) is 41.2 Å². The lowest BCUT2D eigenvalue weighted by molar-refractivity contribution is 0.0288. The Morgan fingerprint density at radius 1 is 1.15 bits per heavy atom. The quantitative estimate of drug-likeness (QED) is 0.690. The van der Waals surface area contributed by atoms with Gasteiger partial charge in [-0.3, -0.25) is 4.90 Å². The zero-order chi connectivity index (χ0) is 17.9. The molecule has 1 fully saturated rings. The van der Waals surface area contributed by atoms with Crippen LogP contribution in [-0.4, -0.2) is 29.7 Å². The first-order chi connectivity index (χ1) is 12.7. The van der Waals surface area contributed by atoms with Crippen molar-refractivity contribution in [3.05, 3.63) is 83.9 Å². The van der Waals surface area contributed by atoms with Crippen LogP contribution in [0.3, 0.4) is 0 Å². The lowest BCUT2D eigenvalue weighted by atomic mass is 10.2. The molecule has 0 bridgehead atoms. The first-order valence-electron chi connectivity index (χ1n) is 8.65. The summed E-state index contributed by atoms with van der Waals surface area (Å²) >= 11 is 0. The van der Waals surface area contributed by atoms with E-state index in [0.717, 1.165) is 30.1 Å². The highest BCUT2D eigenvalue weighted by atomic mass is 19.1. The Labute approximate surface area is 152 Å². The maximum Gasteiger partial charge on any atom is 0.138 e. The number of ether oxygens (including phenoxy) is 2. The fraction of sp³-hybridized carbons (Fsp3) is 0.238. The Morgan fingerprint density at radius 3 is 2.77 bits per heavy atom. The number of nitrogens with zero attached hydrogens (tertiary/aromatic N) is 2. The molecule has 0 spiro atoms. The predicted octanol–water partition coefficient (Wildman–Crippen LogP) is 4.16. The summed E-state index contributed by atoms with van der Waals surface area (Å²) in [4.78, 5) is 2.30. The third-order valence-electron chi connectivity index (χ3n) is 4.64. The van der Waals surface area contributed by atoms with E-state index in [-0.39, 0.29) is 12.0 Å². The molecule has 2 heterocycles. The van der Waals surface area contributed by atoms with Crippen molar-refractivity contribution in [3.8, 4) is 11.4 Å². The van der Waals surface area contributed by atoms with Crippen molar-refractivity contribution < 1.29 is 13.9 Å². The van der Waals surface area contributed by atoms with Gasteiger partial charge in [0.25, 0.3) is 0 Å². The van der Waals surface area contributed by atoms with Crippen molar-refractivity contribution in [2.24, 2.45) is 0 Å². The van der Waals surface area contributed by atoms with Crippen LogP contribution in [0, 0.1) is 5.82 Å². The predicted molar refractivity (Wildman–Crippen MR) is 97.8 cm³/mol. The van der Waals surface area contributed by atoms with Gasteiger partial charge in [0.15, 0.2) is 0 Å². The maximum atomic E-state index is 13.5. The zero-order valence-electron chi connectivity index (χ0n) is 14.6. The Balaban J connectivity index is 1.51. The molecule has 4 nitrogen and oxygen atoms in total. The van der Waals surface area contributed by atoms with Gasteiger partial charge in [0.05, 0.1) is 13.7 Å². The molecule has 134 valence electrons. The zero-order valence-corrected chi connectivity index (χ0v) is 14.6. The van der Waals surface area contributed by atoms with Crippen LogP contribution in [0.25, 0.3) is 5.69 Å². The number of hydrogen-bond acceptors (Lipinski definition) is 3. The van der Waals surface area contributed by atoms with Crippen LogP contribution in [0.4, 0.5) is 4.39 Å². The average molecular weight is 352 g/mol. The van der Waals surface area contributed by atoms with Gasteiger partial charge in [-0.25, -0.2) is 4.39 Å². The van der Waals surface area contributed by atoms with Gasteiger partial charge in [0.2, 0.25) is 0 Å². The smallest absolute Gasteiger partial charge is 0.138 e. The highest BCUT2D eigenvalue weighted by Crippen LogP contribution is 2.29. The molecule has 3 aromatic rings. The van der Waals surface area contributed by atoms with Crippen molar-refractivity contribution in [2.75, 3.05) is 20.3 Å². The van der Waals surface area contributed by atoms with Gasteiger partial charge in [-0.15, -0.1) is 0 Å². The van der Waals surface area contributed by atoms with Crippen molar-refractivity contribution in [1.82, 2.24) is 9.47 Å². The number of methoxy groups -OCH3 is 1. The minimum atomic E-state index is -0.240. The van der Waals surface area contributed by atoms with Crippen LogP contribution in [0.15, 0.2) is 67.0 Å². The molecule has 5 heteroatoms. The number of benzene rings is 2. The Morgan fingerprint density at radius 2 is 2.00 bits per heavy atom. The van der Waals surface area contributed by atoms with Gasteiger partial charge in [0.1, 0.15) is 17.8 Å². The summed E-state index contributed by atoms with van der Waals surface area (Å²) < 4.78 is 26.6. The molecule has 2 aromatic carbocycles. The normalized spacial score (nSPS) is 17.5. The standard InChI is InChI=1S/C21H21FN2O2/c1-25-20-7-5-16(6-8-20)14-24-11-12-26-21(24)17-9-10-23(15-17)19-4-2-3-18(22)13-19/h2-10,13,15,21H,11-12,14H2,1H3/t21-/m1/s1. The molecule has 0 N–H and O–H groups in total. The van der Waals surface area contributed by atoms with E-state index in [0.29, 0.717) is 6.61 Å². The first-order valence-corrected chi connectivity index (χ1v) is 8.65. The molecule has 26 heavy (non-hydrogen) atoms.